The monoisotopic (exact) mass is 243 g/mol. The number of aliphatic hydroxyl groups is 1. The zero-order chi connectivity index (χ0) is 12.1. The molecule has 16 heavy (non-hydrogen) atoms. The minimum atomic E-state index is -0.696. The van der Waals surface area contributed by atoms with Gasteiger partial charge in [0.25, 0.3) is 5.91 Å². The molecule has 1 rings (SSSR count). The molecule has 1 aromatic carbocycles. The number of nitrogens with one attached hydrogen (secondary N) is 1. The minimum Gasteiger partial charge on any atom is -0.483 e. The molecule has 0 aliphatic rings. The lowest BCUT2D eigenvalue weighted by Gasteiger charge is -2.13. The molecule has 4 nitrogen and oxygen atoms in total. The highest BCUT2D eigenvalue weighted by atomic mass is 35.5. The summed E-state index contributed by atoms with van der Waals surface area (Å²) < 4.78 is 5.28. The van der Waals surface area contributed by atoms with E-state index in [2.05, 4.69) is 5.32 Å². The summed E-state index contributed by atoms with van der Waals surface area (Å²) in [6, 6.07) is 4.89. The predicted octanol–water partition coefficient (Wildman–Crippen LogP) is 1.52. The fraction of sp³-hybridized carbons (Fsp3) is 0.364. The van der Waals surface area contributed by atoms with Crippen LogP contribution in [0.15, 0.2) is 18.2 Å². The fourth-order valence-corrected chi connectivity index (χ4v) is 1.37. The second-order valence-corrected chi connectivity index (χ2v) is 3.76. The molecule has 0 aliphatic heterocycles. The first kappa shape index (κ1) is 12.8. The summed E-state index contributed by atoms with van der Waals surface area (Å²) >= 11 is 5.80. The zero-order valence-electron chi connectivity index (χ0n) is 9.16. The SMILES string of the molecule is CNC(=O)COc1ccc(Cl)cc1[C@@H](C)O. The first-order chi connectivity index (χ1) is 7.54. The molecule has 5 heteroatoms. The van der Waals surface area contributed by atoms with Gasteiger partial charge in [-0.05, 0) is 25.1 Å². The second kappa shape index (κ2) is 5.72. The average Bonchev–Trinajstić information content (AvgIpc) is 2.26. The molecule has 1 amide bonds. The number of benzene rings is 1. The number of aliphatic hydroxyl groups excluding tert-OH is 1. The van der Waals surface area contributed by atoms with E-state index in [9.17, 15) is 9.90 Å². The van der Waals surface area contributed by atoms with Crippen LogP contribution in [0.1, 0.15) is 18.6 Å². The van der Waals surface area contributed by atoms with Crippen molar-refractivity contribution in [1.82, 2.24) is 5.32 Å². The predicted molar refractivity (Wildman–Crippen MR) is 61.6 cm³/mol. The van der Waals surface area contributed by atoms with E-state index >= 15 is 0 Å². The quantitative estimate of drug-likeness (QED) is 0.843. The molecule has 0 spiro atoms. The van der Waals surface area contributed by atoms with Crippen LogP contribution in [0.25, 0.3) is 0 Å². The molecule has 88 valence electrons. The van der Waals surface area contributed by atoms with Crippen molar-refractivity contribution in [2.24, 2.45) is 0 Å². The maximum absolute atomic E-state index is 11.0. The van der Waals surface area contributed by atoms with Gasteiger partial charge in [0, 0.05) is 17.6 Å². The Morgan fingerprint density at radius 1 is 1.62 bits per heavy atom. The number of amides is 1. The standard InChI is InChI=1S/C11H14ClNO3/c1-7(14)9-5-8(12)3-4-10(9)16-6-11(15)13-2/h3-5,7,14H,6H2,1-2H3,(H,13,15)/t7-/m1/s1. The van der Waals surface area contributed by atoms with Crippen molar-refractivity contribution in [2.75, 3.05) is 13.7 Å². The Hall–Kier alpha value is -1.26. The van der Waals surface area contributed by atoms with Crippen molar-refractivity contribution in [3.05, 3.63) is 28.8 Å². The number of likely N-dealkylation sites (N-methyl/N-ethyl adjacent to an activating group) is 1. The summed E-state index contributed by atoms with van der Waals surface area (Å²) in [6.45, 7) is 1.52. The van der Waals surface area contributed by atoms with Crippen molar-refractivity contribution < 1.29 is 14.6 Å². The maximum atomic E-state index is 11.0. The first-order valence-corrected chi connectivity index (χ1v) is 5.23. The van der Waals surface area contributed by atoms with Gasteiger partial charge in [-0.25, -0.2) is 0 Å². The Labute approximate surface area is 99.2 Å². The number of ether oxygens (including phenoxy) is 1. The average molecular weight is 244 g/mol. The molecule has 0 aliphatic carbocycles. The van der Waals surface area contributed by atoms with Gasteiger partial charge in [0.05, 0.1) is 6.10 Å². The number of hydrogen-bond donors (Lipinski definition) is 2. The molecule has 0 radical (unpaired) electrons. The summed E-state index contributed by atoms with van der Waals surface area (Å²) in [5.41, 5.74) is 0.566. The third-order valence-corrected chi connectivity index (χ3v) is 2.29. The van der Waals surface area contributed by atoms with E-state index in [0.29, 0.717) is 16.3 Å². The van der Waals surface area contributed by atoms with Crippen LogP contribution >= 0.6 is 11.6 Å². The molecular formula is C11H14ClNO3. The molecule has 0 saturated heterocycles. The summed E-state index contributed by atoms with van der Waals surface area (Å²) in [5, 5.41) is 12.5. The lowest BCUT2D eigenvalue weighted by molar-refractivity contribution is -0.122. The van der Waals surface area contributed by atoms with Crippen molar-refractivity contribution in [3.63, 3.8) is 0 Å². The van der Waals surface area contributed by atoms with Crippen LogP contribution in [-0.4, -0.2) is 24.7 Å². The summed E-state index contributed by atoms with van der Waals surface area (Å²) in [6.07, 6.45) is -0.696. The Morgan fingerprint density at radius 2 is 2.31 bits per heavy atom. The van der Waals surface area contributed by atoms with E-state index in [1.54, 1.807) is 25.1 Å². The van der Waals surface area contributed by atoms with Crippen LogP contribution in [0.2, 0.25) is 5.02 Å². The van der Waals surface area contributed by atoms with Crippen molar-refractivity contribution in [2.45, 2.75) is 13.0 Å². The topological polar surface area (TPSA) is 58.6 Å². The van der Waals surface area contributed by atoms with E-state index in [4.69, 9.17) is 16.3 Å². The van der Waals surface area contributed by atoms with Crippen molar-refractivity contribution >= 4 is 17.5 Å². The summed E-state index contributed by atoms with van der Waals surface area (Å²) in [7, 11) is 1.53. The van der Waals surface area contributed by atoms with E-state index in [1.807, 2.05) is 0 Å². The van der Waals surface area contributed by atoms with Crippen LogP contribution in [0, 0.1) is 0 Å². The molecule has 0 fully saturated rings. The van der Waals surface area contributed by atoms with Crippen molar-refractivity contribution in [1.29, 1.82) is 0 Å². The summed E-state index contributed by atoms with van der Waals surface area (Å²) in [5.74, 6) is 0.231. The Kier molecular flexibility index (Phi) is 4.58. The maximum Gasteiger partial charge on any atom is 0.257 e. The number of halogens is 1. The normalized spacial score (nSPS) is 12.0. The largest absolute Gasteiger partial charge is 0.483 e. The van der Waals surface area contributed by atoms with Gasteiger partial charge in [0.2, 0.25) is 0 Å². The van der Waals surface area contributed by atoms with E-state index < -0.39 is 6.10 Å². The highest BCUT2D eigenvalue weighted by molar-refractivity contribution is 6.30. The molecule has 0 bridgehead atoms. The minimum absolute atomic E-state index is 0.0855. The second-order valence-electron chi connectivity index (χ2n) is 3.32. The van der Waals surface area contributed by atoms with Crippen LogP contribution in [-0.2, 0) is 4.79 Å². The van der Waals surface area contributed by atoms with Gasteiger partial charge < -0.3 is 15.2 Å². The van der Waals surface area contributed by atoms with Gasteiger partial charge in [0.1, 0.15) is 5.75 Å². The molecular weight excluding hydrogens is 230 g/mol. The molecule has 2 N–H and O–H groups in total. The Bertz CT molecular complexity index is 379. The van der Waals surface area contributed by atoms with Gasteiger partial charge in [-0.1, -0.05) is 11.6 Å². The van der Waals surface area contributed by atoms with Gasteiger partial charge in [0.15, 0.2) is 6.61 Å². The lowest BCUT2D eigenvalue weighted by Crippen LogP contribution is -2.25. The molecule has 1 atom stereocenters. The van der Waals surface area contributed by atoms with Crippen LogP contribution in [0.5, 0.6) is 5.75 Å². The van der Waals surface area contributed by atoms with Gasteiger partial charge >= 0.3 is 0 Å². The number of carbonyl (C=O) groups is 1. The van der Waals surface area contributed by atoms with E-state index in [1.165, 1.54) is 7.05 Å². The van der Waals surface area contributed by atoms with Gasteiger partial charge in [-0.2, -0.15) is 0 Å². The Morgan fingerprint density at radius 3 is 2.88 bits per heavy atom. The smallest absolute Gasteiger partial charge is 0.257 e. The third kappa shape index (κ3) is 3.40. The fourth-order valence-electron chi connectivity index (χ4n) is 1.19. The molecule has 0 aromatic heterocycles. The summed E-state index contributed by atoms with van der Waals surface area (Å²) in [4.78, 5) is 11.0. The van der Waals surface area contributed by atoms with E-state index in [-0.39, 0.29) is 12.5 Å². The molecule has 1 aromatic rings. The van der Waals surface area contributed by atoms with Crippen LogP contribution < -0.4 is 10.1 Å². The zero-order valence-corrected chi connectivity index (χ0v) is 9.91. The van der Waals surface area contributed by atoms with E-state index in [0.717, 1.165) is 0 Å². The highest BCUT2D eigenvalue weighted by Gasteiger charge is 2.11. The van der Waals surface area contributed by atoms with Gasteiger partial charge in [-0.3, -0.25) is 4.79 Å². The Balaban J connectivity index is 2.82. The number of rotatable bonds is 4. The van der Waals surface area contributed by atoms with Crippen LogP contribution in [0.4, 0.5) is 0 Å². The highest BCUT2D eigenvalue weighted by Crippen LogP contribution is 2.28. The molecule has 0 unspecified atom stereocenters. The van der Waals surface area contributed by atoms with Gasteiger partial charge in [-0.15, -0.1) is 0 Å². The van der Waals surface area contributed by atoms with Crippen molar-refractivity contribution in [3.8, 4) is 5.75 Å². The lowest BCUT2D eigenvalue weighted by atomic mass is 10.1. The first-order valence-electron chi connectivity index (χ1n) is 4.85. The number of carbonyl (C=O) groups excluding carboxylic acids is 1. The molecule has 0 saturated carbocycles. The van der Waals surface area contributed by atoms with Crippen LogP contribution in [0.3, 0.4) is 0 Å². The third-order valence-electron chi connectivity index (χ3n) is 2.06. The number of hydrogen-bond acceptors (Lipinski definition) is 3. The molecule has 0 heterocycles.